The molecular weight excluding hydrogens is 223 g/mol. The van der Waals surface area contributed by atoms with Gasteiger partial charge in [0.05, 0.1) is 18.1 Å². The second-order valence-corrected chi connectivity index (χ2v) is 3.45. The first-order chi connectivity index (χ1) is 6.97. The van der Waals surface area contributed by atoms with Crippen molar-refractivity contribution >= 4 is 17.6 Å². The summed E-state index contributed by atoms with van der Waals surface area (Å²) < 4.78 is 18.1. The molecule has 0 amide bonds. The van der Waals surface area contributed by atoms with Crippen LogP contribution in [0.2, 0.25) is 5.02 Å². The summed E-state index contributed by atoms with van der Waals surface area (Å²) in [5, 5.41) is 8.62. The predicted octanol–water partition coefficient (Wildman–Crippen LogP) is 2.68. The summed E-state index contributed by atoms with van der Waals surface area (Å²) in [5.41, 5.74) is 0.209. The molecule has 0 saturated carbocycles. The van der Waals surface area contributed by atoms with E-state index < -0.39 is 17.7 Å². The zero-order valence-corrected chi connectivity index (χ0v) is 9.01. The number of carboxylic acid groups (broad SMARTS) is 1. The lowest BCUT2D eigenvalue weighted by Gasteiger charge is -2.11. The first-order valence-electron chi connectivity index (χ1n) is 4.23. The average molecular weight is 233 g/mol. The number of hydrogen-bond donors (Lipinski definition) is 1. The molecule has 0 aromatic heterocycles. The monoisotopic (exact) mass is 232 g/mol. The third-order valence-electron chi connectivity index (χ3n) is 2.10. The highest BCUT2D eigenvalue weighted by molar-refractivity contribution is 6.31. The van der Waals surface area contributed by atoms with Crippen molar-refractivity contribution in [2.24, 2.45) is 0 Å². The lowest BCUT2D eigenvalue weighted by Crippen LogP contribution is -2.08. The van der Waals surface area contributed by atoms with Gasteiger partial charge in [-0.05, 0) is 18.6 Å². The Morgan fingerprint density at radius 3 is 2.67 bits per heavy atom. The quantitative estimate of drug-likeness (QED) is 0.872. The summed E-state index contributed by atoms with van der Waals surface area (Å²) in [7, 11) is 1.37. The Morgan fingerprint density at radius 2 is 2.20 bits per heavy atom. The summed E-state index contributed by atoms with van der Waals surface area (Å²) in [6, 6.07) is 2.53. The highest BCUT2D eigenvalue weighted by atomic mass is 35.5. The molecule has 82 valence electrons. The molecule has 15 heavy (non-hydrogen) atoms. The van der Waals surface area contributed by atoms with Gasteiger partial charge < -0.3 is 9.84 Å². The van der Waals surface area contributed by atoms with Gasteiger partial charge in [0.15, 0.2) is 0 Å². The minimum absolute atomic E-state index is 0.175. The normalized spacial score (nSPS) is 12.3. The molecule has 1 unspecified atom stereocenters. The molecule has 1 N–H and O–H groups in total. The minimum Gasteiger partial charge on any atom is -0.497 e. The first-order valence-corrected chi connectivity index (χ1v) is 4.61. The van der Waals surface area contributed by atoms with Gasteiger partial charge in [0, 0.05) is 6.07 Å². The van der Waals surface area contributed by atoms with E-state index in [-0.39, 0.29) is 16.3 Å². The lowest BCUT2D eigenvalue weighted by molar-refractivity contribution is -0.138. The fourth-order valence-corrected chi connectivity index (χ4v) is 1.42. The van der Waals surface area contributed by atoms with Crippen LogP contribution in [0.1, 0.15) is 18.4 Å². The second kappa shape index (κ2) is 4.49. The second-order valence-electron chi connectivity index (χ2n) is 3.07. The zero-order valence-electron chi connectivity index (χ0n) is 8.25. The maximum absolute atomic E-state index is 13.2. The van der Waals surface area contributed by atoms with E-state index >= 15 is 0 Å². The van der Waals surface area contributed by atoms with Crippen LogP contribution in [0.15, 0.2) is 12.1 Å². The number of hydrogen-bond acceptors (Lipinski definition) is 2. The van der Waals surface area contributed by atoms with E-state index in [9.17, 15) is 9.18 Å². The van der Waals surface area contributed by atoms with Crippen LogP contribution in [0.5, 0.6) is 5.75 Å². The maximum Gasteiger partial charge on any atom is 0.310 e. The van der Waals surface area contributed by atoms with Gasteiger partial charge in [-0.25, -0.2) is 4.39 Å². The van der Waals surface area contributed by atoms with Crippen LogP contribution >= 0.6 is 11.6 Å². The van der Waals surface area contributed by atoms with Crippen molar-refractivity contribution < 1.29 is 19.0 Å². The van der Waals surface area contributed by atoms with Crippen molar-refractivity contribution in [3.63, 3.8) is 0 Å². The number of carbonyl (C=O) groups is 1. The van der Waals surface area contributed by atoms with Crippen molar-refractivity contribution in [3.8, 4) is 5.75 Å². The molecule has 1 atom stereocenters. The van der Waals surface area contributed by atoms with Crippen molar-refractivity contribution in [1.29, 1.82) is 0 Å². The number of methoxy groups -OCH3 is 1. The van der Waals surface area contributed by atoms with E-state index in [0.717, 1.165) is 6.07 Å². The van der Waals surface area contributed by atoms with Crippen molar-refractivity contribution in [1.82, 2.24) is 0 Å². The minimum atomic E-state index is -1.07. The molecule has 0 spiro atoms. The van der Waals surface area contributed by atoms with Gasteiger partial charge in [-0.15, -0.1) is 0 Å². The van der Waals surface area contributed by atoms with Gasteiger partial charge in [0.2, 0.25) is 0 Å². The fraction of sp³-hybridized carbons (Fsp3) is 0.300. The number of carboxylic acids is 1. The van der Waals surface area contributed by atoms with Crippen LogP contribution in [0.3, 0.4) is 0 Å². The highest BCUT2D eigenvalue weighted by Crippen LogP contribution is 2.31. The number of aliphatic carboxylic acids is 1. The largest absolute Gasteiger partial charge is 0.497 e. The van der Waals surface area contributed by atoms with Crippen LogP contribution in [-0.2, 0) is 4.79 Å². The molecule has 1 aromatic carbocycles. The number of halogens is 2. The molecule has 0 bridgehead atoms. The zero-order chi connectivity index (χ0) is 11.6. The molecule has 0 fully saturated rings. The molecule has 1 aromatic rings. The summed E-state index contributed by atoms with van der Waals surface area (Å²) in [6.07, 6.45) is 0. The molecule has 0 radical (unpaired) electrons. The molecule has 0 aliphatic rings. The molecular formula is C10H10ClFO3. The number of ether oxygens (including phenoxy) is 1. The van der Waals surface area contributed by atoms with Crippen LogP contribution in [0, 0.1) is 5.82 Å². The van der Waals surface area contributed by atoms with Gasteiger partial charge in [-0.2, -0.15) is 0 Å². The summed E-state index contributed by atoms with van der Waals surface area (Å²) in [5.74, 6) is -2.37. The Kier molecular flexibility index (Phi) is 3.52. The van der Waals surface area contributed by atoms with Crippen LogP contribution < -0.4 is 4.74 Å². The maximum atomic E-state index is 13.2. The van der Waals surface area contributed by atoms with E-state index in [4.69, 9.17) is 21.4 Å². The smallest absolute Gasteiger partial charge is 0.310 e. The summed E-state index contributed by atoms with van der Waals surface area (Å²) in [6.45, 7) is 1.43. The third kappa shape index (κ3) is 2.39. The van der Waals surface area contributed by atoms with E-state index in [1.165, 1.54) is 20.1 Å². The van der Waals surface area contributed by atoms with Gasteiger partial charge in [0.1, 0.15) is 11.6 Å². The SMILES string of the molecule is COc1cc(F)c(Cl)c(C(C)C(=O)O)c1. The summed E-state index contributed by atoms with van der Waals surface area (Å²) in [4.78, 5) is 10.7. The van der Waals surface area contributed by atoms with Crippen LogP contribution in [0.4, 0.5) is 4.39 Å². The molecule has 0 heterocycles. The van der Waals surface area contributed by atoms with Gasteiger partial charge in [0.25, 0.3) is 0 Å². The topological polar surface area (TPSA) is 46.5 Å². The Balaban J connectivity index is 3.27. The molecule has 0 aliphatic carbocycles. The standard InChI is InChI=1S/C10H10ClFO3/c1-5(10(13)14)7-3-6(15-2)4-8(12)9(7)11/h3-5H,1-2H3,(H,13,14). The fourth-order valence-electron chi connectivity index (χ4n) is 1.15. The van der Waals surface area contributed by atoms with Crippen molar-refractivity contribution in [3.05, 3.63) is 28.5 Å². The van der Waals surface area contributed by atoms with E-state index in [0.29, 0.717) is 0 Å². The van der Waals surface area contributed by atoms with E-state index in [2.05, 4.69) is 0 Å². The van der Waals surface area contributed by atoms with Crippen LogP contribution in [-0.4, -0.2) is 18.2 Å². The Hall–Kier alpha value is -1.29. The highest BCUT2D eigenvalue weighted by Gasteiger charge is 2.20. The van der Waals surface area contributed by atoms with Gasteiger partial charge in [-0.1, -0.05) is 11.6 Å². The number of benzene rings is 1. The van der Waals surface area contributed by atoms with Crippen molar-refractivity contribution in [2.75, 3.05) is 7.11 Å². The van der Waals surface area contributed by atoms with Gasteiger partial charge >= 0.3 is 5.97 Å². The third-order valence-corrected chi connectivity index (χ3v) is 2.50. The average Bonchev–Trinajstić information content (AvgIpc) is 2.20. The molecule has 0 saturated heterocycles. The Morgan fingerprint density at radius 1 is 1.60 bits per heavy atom. The first kappa shape index (κ1) is 11.8. The van der Waals surface area contributed by atoms with Gasteiger partial charge in [-0.3, -0.25) is 4.79 Å². The Bertz CT molecular complexity index is 392. The molecule has 0 aliphatic heterocycles. The summed E-state index contributed by atoms with van der Waals surface area (Å²) >= 11 is 5.67. The predicted molar refractivity (Wildman–Crippen MR) is 54.0 cm³/mol. The Labute approximate surface area is 91.4 Å². The molecule has 1 rings (SSSR count). The number of rotatable bonds is 3. The molecule has 3 nitrogen and oxygen atoms in total. The van der Waals surface area contributed by atoms with Crippen LogP contribution in [0.25, 0.3) is 0 Å². The van der Waals surface area contributed by atoms with E-state index in [1.807, 2.05) is 0 Å². The molecule has 5 heteroatoms. The van der Waals surface area contributed by atoms with Crippen molar-refractivity contribution in [2.45, 2.75) is 12.8 Å². The van der Waals surface area contributed by atoms with E-state index in [1.54, 1.807) is 0 Å². The lowest BCUT2D eigenvalue weighted by atomic mass is 10.0.